The third kappa shape index (κ3) is 5.41. The molecule has 3 aromatic rings. The summed E-state index contributed by atoms with van der Waals surface area (Å²) in [5.74, 6) is 0.247. The summed E-state index contributed by atoms with van der Waals surface area (Å²) in [5, 5.41) is 3.28. The van der Waals surface area contributed by atoms with E-state index in [1.165, 1.54) is 0 Å². The van der Waals surface area contributed by atoms with Crippen molar-refractivity contribution in [2.24, 2.45) is 5.73 Å². The number of carbonyl (C=O) groups excluding carboxylic acids is 2. The van der Waals surface area contributed by atoms with Gasteiger partial charge >= 0.3 is 0 Å². The lowest BCUT2D eigenvalue weighted by Gasteiger charge is -2.28. The molecule has 0 fully saturated rings. The number of hydrogen-bond acceptors (Lipinski definition) is 4. The molecule has 0 bridgehead atoms. The van der Waals surface area contributed by atoms with E-state index in [9.17, 15) is 9.59 Å². The van der Waals surface area contributed by atoms with E-state index in [1.807, 2.05) is 77.7 Å². The number of nitrogens with zero attached hydrogens (tertiary/aromatic N) is 1. The van der Waals surface area contributed by atoms with Crippen molar-refractivity contribution < 1.29 is 14.3 Å². The Morgan fingerprint density at radius 2 is 1.73 bits per heavy atom. The highest BCUT2D eigenvalue weighted by Crippen LogP contribution is 2.29. The third-order valence-corrected chi connectivity index (χ3v) is 6.08. The molecule has 170 valence electrons. The monoisotopic (exact) mass is 443 g/mol. The van der Waals surface area contributed by atoms with Crippen LogP contribution in [0.15, 0.2) is 78.9 Å². The molecule has 3 N–H and O–H groups in total. The molecule has 0 aromatic heterocycles. The van der Waals surface area contributed by atoms with Crippen LogP contribution >= 0.6 is 0 Å². The molecule has 2 atom stereocenters. The van der Waals surface area contributed by atoms with Gasteiger partial charge in [-0.25, -0.2) is 0 Å². The number of anilines is 1. The van der Waals surface area contributed by atoms with Crippen molar-refractivity contribution in [3.63, 3.8) is 0 Å². The van der Waals surface area contributed by atoms with Crippen LogP contribution in [0.4, 0.5) is 5.69 Å². The number of hydrogen-bond donors (Lipinski definition) is 2. The molecular formula is C27H29N3O3. The third-order valence-electron chi connectivity index (χ3n) is 6.08. The number of fused-ring (bicyclic) bond motifs is 1. The van der Waals surface area contributed by atoms with Gasteiger partial charge in [-0.2, -0.15) is 0 Å². The Morgan fingerprint density at radius 1 is 1.03 bits per heavy atom. The van der Waals surface area contributed by atoms with Crippen molar-refractivity contribution in [3.8, 4) is 5.75 Å². The van der Waals surface area contributed by atoms with Gasteiger partial charge in [0.05, 0.1) is 25.7 Å². The summed E-state index contributed by atoms with van der Waals surface area (Å²) in [5.41, 5.74) is 9.72. The molecule has 1 unspecified atom stereocenters. The fraction of sp³-hybridized carbons (Fsp3) is 0.259. The Hall–Kier alpha value is -3.64. The zero-order valence-electron chi connectivity index (χ0n) is 18.7. The molecule has 0 radical (unpaired) electrons. The van der Waals surface area contributed by atoms with Crippen LogP contribution in [-0.4, -0.2) is 31.0 Å². The molecule has 4 rings (SSSR count). The van der Waals surface area contributed by atoms with Gasteiger partial charge in [-0.3, -0.25) is 14.9 Å². The van der Waals surface area contributed by atoms with E-state index in [-0.39, 0.29) is 5.91 Å². The molecule has 0 spiro atoms. The van der Waals surface area contributed by atoms with E-state index in [0.717, 1.165) is 34.5 Å². The normalized spacial score (nSPS) is 16.6. The molecule has 6 heteroatoms. The maximum atomic E-state index is 13.7. The summed E-state index contributed by atoms with van der Waals surface area (Å²) in [6, 6.07) is 24.2. The van der Waals surface area contributed by atoms with Crippen LogP contribution in [0.5, 0.6) is 5.75 Å². The largest absolute Gasteiger partial charge is 0.497 e. The molecule has 0 saturated heterocycles. The Labute approximate surface area is 194 Å². The average molecular weight is 444 g/mol. The van der Waals surface area contributed by atoms with Crippen LogP contribution in [0.3, 0.4) is 0 Å². The van der Waals surface area contributed by atoms with Crippen LogP contribution < -0.4 is 20.7 Å². The molecule has 0 aliphatic carbocycles. The van der Waals surface area contributed by atoms with E-state index in [2.05, 4.69) is 11.4 Å². The first-order valence-corrected chi connectivity index (χ1v) is 11.2. The number of methoxy groups -OCH3 is 1. The number of para-hydroxylation sites is 1. The van der Waals surface area contributed by atoms with Gasteiger partial charge in [-0.1, -0.05) is 60.7 Å². The van der Waals surface area contributed by atoms with Gasteiger partial charge in [0.25, 0.3) is 0 Å². The van der Waals surface area contributed by atoms with Crippen LogP contribution in [-0.2, 0) is 29.0 Å². The number of nitrogens with two attached hydrogens (primary N) is 1. The first kappa shape index (κ1) is 22.6. The van der Waals surface area contributed by atoms with Gasteiger partial charge in [-0.05, 0) is 54.2 Å². The van der Waals surface area contributed by atoms with Crippen molar-refractivity contribution in [2.45, 2.75) is 37.9 Å². The fourth-order valence-electron chi connectivity index (χ4n) is 4.28. The molecular weight excluding hydrogens is 414 g/mol. The Bertz CT molecular complexity index is 1100. The maximum Gasteiger partial charge on any atom is 0.244 e. The van der Waals surface area contributed by atoms with Crippen LogP contribution in [0, 0.1) is 0 Å². The second kappa shape index (κ2) is 10.3. The van der Waals surface area contributed by atoms with E-state index in [1.54, 1.807) is 7.11 Å². The van der Waals surface area contributed by atoms with E-state index in [4.69, 9.17) is 10.5 Å². The highest BCUT2D eigenvalue weighted by Gasteiger charge is 2.33. The topological polar surface area (TPSA) is 84.7 Å². The lowest BCUT2D eigenvalue weighted by Crippen LogP contribution is -2.53. The molecule has 1 heterocycles. The predicted octanol–water partition coefficient (Wildman–Crippen LogP) is 3.23. The molecule has 1 aliphatic rings. The Kier molecular flexibility index (Phi) is 7.05. The Morgan fingerprint density at radius 3 is 2.42 bits per heavy atom. The SMILES string of the molecule is COc1ccc(CN2C(=O)[C@@H](NC(Cc3ccccc3)C(N)=O)CCc3ccccc32)cc1. The van der Waals surface area contributed by atoms with Crippen molar-refractivity contribution in [2.75, 3.05) is 12.0 Å². The van der Waals surface area contributed by atoms with Gasteiger partial charge < -0.3 is 15.4 Å². The van der Waals surface area contributed by atoms with E-state index >= 15 is 0 Å². The molecule has 6 nitrogen and oxygen atoms in total. The summed E-state index contributed by atoms with van der Waals surface area (Å²) >= 11 is 0. The molecule has 1 aliphatic heterocycles. The molecule has 0 saturated carbocycles. The number of amides is 2. The van der Waals surface area contributed by atoms with E-state index in [0.29, 0.717) is 19.4 Å². The fourth-order valence-corrected chi connectivity index (χ4v) is 4.28. The van der Waals surface area contributed by atoms with Crippen molar-refractivity contribution in [1.82, 2.24) is 5.32 Å². The zero-order chi connectivity index (χ0) is 23.2. The lowest BCUT2D eigenvalue weighted by molar-refractivity contribution is -0.122. The number of aryl methyl sites for hydroxylation is 1. The summed E-state index contributed by atoms with van der Waals surface area (Å²) in [6.07, 6.45) is 1.76. The minimum absolute atomic E-state index is 0.0601. The first-order valence-electron chi connectivity index (χ1n) is 11.2. The second-order valence-electron chi connectivity index (χ2n) is 8.30. The molecule has 33 heavy (non-hydrogen) atoms. The standard InChI is InChI=1S/C27H29N3O3/c1-33-22-14-11-20(12-15-22)18-30-25-10-6-5-9-21(25)13-16-23(27(30)32)29-24(26(28)31)17-19-7-3-2-4-8-19/h2-12,14-15,23-24,29H,13,16-18H2,1H3,(H2,28,31)/t23-,24?/m0/s1. The van der Waals surface area contributed by atoms with Crippen molar-refractivity contribution in [3.05, 3.63) is 95.6 Å². The lowest BCUT2D eigenvalue weighted by atomic mass is 10.0. The number of carbonyl (C=O) groups is 2. The van der Waals surface area contributed by atoms with Crippen LogP contribution in [0.1, 0.15) is 23.1 Å². The second-order valence-corrected chi connectivity index (χ2v) is 8.30. The average Bonchev–Trinajstić information content (AvgIpc) is 2.97. The Balaban J connectivity index is 1.59. The number of primary amides is 1. The first-order chi connectivity index (χ1) is 16.0. The number of ether oxygens (including phenoxy) is 1. The highest BCUT2D eigenvalue weighted by molar-refractivity contribution is 5.99. The quantitative estimate of drug-likeness (QED) is 0.560. The number of nitrogens with one attached hydrogen (secondary N) is 1. The summed E-state index contributed by atoms with van der Waals surface area (Å²) in [4.78, 5) is 27.8. The van der Waals surface area contributed by atoms with Crippen LogP contribution in [0.2, 0.25) is 0 Å². The van der Waals surface area contributed by atoms with Crippen LogP contribution in [0.25, 0.3) is 0 Å². The van der Waals surface area contributed by atoms with Crippen molar-refractivity contribution >= 4 is 17.5 Å². The van der Waals surface area contributed by atoms with Gasteiger partial charge in [-0.15, -0.1) is 0 Å². The summed E-state index contributed by atoms with van der Waals surface area (Å²) < 4.78 is 5.25. The maximum absolute atomic E-state index is 13.7. The minimum atomic E-state index is -0.634. The zero-order valence-corrected chi connectivity index (χ0v) is 18.7. The molecule has 3 aromatic carbocycles. The smallest absolute Gasteiger partial charge is 0.244 e. The van der Waals surface area contributed by atoms with Gasteiger partial charge in [0.2, 0.25) is 11.8 Å². The van der Waals surface area contributed by atoms with E-state index < -0.39 is 18.0 Å². The van der Waals surface area contributed by atoms with Gasteiger partial charge in [0.1, 0.15) is 5.75 Å². The number of rotatable bonds is 8. The summed E-state index contributed by atoms with van der Waals surface area (Å²) in [7, 11) is 1.63. The molecule has 2 amide bonds. The summed E-state index contributed by atoms with van der Waals surface area (Å²) in [6.45, 7) is 0.429. The minimum Gasteiger partial charge on any atom is -0.497 e. The highest BCUT2D eigenvalue weighted by atomic mass is 16.5. The van der Waals surface area contributed by atoms with Gasteiger partial charge in [0, 0.05) is 5.69 Å². The predicted molar refractivity (Wildman–Crippen MR) is 129 cm³/mol. The van der Waals surface area contributed by atoms with Gasteiger partial charge in [0.15, 0.2) is 0 Å². The number of benzene rings is 3. The van der Waals surface area contributed by atoms with Crippen molar-refractivity contribution in [1.29, 1.82) is 0 Å².